The van der Waals surface area contributed by atoms with E-state index in [4.69, 9.17) is 28.4 Å². The van der Waals surface area contributed by atoms with Gasteiger partial charge in [-0.3, -0.25) is 0 Å². The number of benzene rings is 5. The Morgan fingerprint density at radius 3 is 2.02 bits per heavy atom. The molecule has 0 atom stereocenters. The molecule has 1 aliphatic rings. The average Bonchev–Trinajstić information content (AvgIpc) is 3.34. The van der Waals surface area contributed by atoms with Crippen LogP contribution in [0.3, 0.4) is 0 Å². The van der Waals surface area contributed by atoms with Gasteiger partial charge in [-0.05, 0) is 73.0 Å². The number of aromatic hydroxyl groups is 2. The van der Waals surface area contributed by atoms with Crippen LogP contribution in [0.15, 0.2) is 103 Å². The summed E-state index contributed by atoms with van der Waals surface area (Å²) in [5.74, 6) is -1.26. The Labute approximate surface area is 268 Å². The van der Waals surface area contributed by atoms with Crippen molar-refractivity contribution in [1.29, 1.82) is 0 Å². The molecule has 0 radical (unpaired) electrons. The van der Waals surface area contributed by atoms with Crippen molar-refractivity contribution in [3.63, 3.8) is 0 Å². The van der Waals surface area contributed by atoms with Gasteiger partial charge >= 0.3 is 0 Å². The van der Waals surface area contributed by atoms with Crippen molar-refractivity contribution in [3.8, 4) is 28.7 Å². The number of hydrogen-bond acceptors (Lipinski definition) is 8. The molecule has 6 rings (SSSR count). The lowest BCUT2D eigenvalue weighted by molar-refractivity contribution is -0.205. The van der Waals surface area contributed by atoms with E-state index in [0.29, 0.717) is 53.8 Å². The van der Waals surface area contributed by atoms with Crippen molar-refractivity contribution in [3.05, 3.63) is 125 Å². The summed E-state index contributed by atoms with van der Waals surface area (Å²) in [7, 11) is 3.22. The summed E-state index contributed by atoms with van der Waals surface area (Å²) in [6.45, 7) is 3.20. The highest BCUT2D eigenvalue weighted by Gasteiger charge is 2.42. The molecule has 1 saturated heterocycles. The monoisotopic (exact) mass is 622 g/mol. The van der Waals surface area contributed by atoms with E-state index in [9.17, 15) is 10.2 Å². The highest BCUT2D eigenvalue weighted by atomic mass is 16.7. The molecule has 0 amide bonds. The average molecular weight is 623 g/mol. The van der Waals surface area contributed by atoms with Gasteiger partial charge in [0.25, 0.3) is 0 Å². The van der Waals surface area contributed by atoms with Crippen molar-refractivity contribution in [2.75, 3.05) is 34.0 Å². The first kappa shape index (κ1) is 31.4. The zero-order chi connectivity index (χ0) is 32.1. The summed E-state index contributed by atoms with van der Waals surface area (Å²) in [6.07, 6.45) is 1.59. The van der Waals surface area contributed by atoms with E-state index in [2.05, 4.69) is 0 Å². The highest BCUT2D eigenvalue weighted by molar-refractivity contribution is 5.90. The van der Waals surface area contributed by atoms with Gasteiger partial charge in [-0.1, -0.05) is 54.6 Å². The Hall–Kier alpha value is -4.60. The Kier molecular flexibility index (Phi) is 9.15. The van der Waals surface area contributed by atoms with Gasteiger partial charge in [-0.15, -0.1) is 0 Å². The Bertz CT molecular complexity index is 1790. The summed E-state index contributed by atoms with van der Waals surface area (Å²) in [6, 6.07) is 31.2. The van der Waals surface area contributed by atoms with E-state index in [-0.39, 0.29) is 11.5 Å². The quantitative estimate of drug-likeness (QED) is 0.152. The van der Waals surface area contributed by atoms with Gasteiger partial charge in [0.2, 0.25) is 11.6 Å². The minimum atomic E-state index is -1.47. The number of phenolic OH excluding ortho intramolecular Hbond substituents is 2. The van der Waals surface area contributed by atoms with Gasteiger partial charge in [0, 0.05) is 25.8 Å². The van der Waals surface area contributed by atoms with Crippen LogP contribution >= 0.6 is 0 Å². The van der Waals surface area contributed by atoms with Gasteiger partial charge in [-0.25, -0.2) is 0 Å². The van der Waals surface area contributed by atoms with Crippen molar-refractivity contribution in [1.82, 2.24) is 0 Å². The van der Waals surface area contributed by atoms with Crippen LogP contribution in [0.2, 0.25) is 0 Å². The lowest BCUT2D eigenvalue weighted by Gasteiger charge is -2.34. The molecule has 0 aromatic heterocycles. The van der Waals surface area contributed by atoms with Crippen LogP contribution in [-0.4, -0.2) is 44.3 Å². The molecule has 0 unspecified atom stereocenters. The second-order valence-corrected chi connectivity index (χ2v) is 11.0. The molecule has 1 heterocycles. The normalized spacial score (nSPS) is 14.9. The molecule has 5 aromatic rings. The second-order valence-electron chi connectivity index (χ2n) is 11.0. The third-order valence-electron chi connectivity index (χ3n) is 8.28. The van der Waals surface area contributed by atoms with Gasteiger partial charge in [-0.2, -0.15) is 0 Å². The highest BCUT2D eigenvalue weighted by Crippen LogP contribution is 2.47. The summed E-state index contributed by atoms with van der Waals surface area (Å²) < 4.78 is 37.2. The first-order valence-corrected chi connectivity index (χ1v) is 15.4. The van der Waals surface area contributed by atoms with Gasteiger partial charge in [0.15, 0.2) is 0 Å². The van der Waals surface area contributed by atoms with E-state index in [0.717, 1.165) is 29.2 Å². The van der Waals surface area contributed by atoms with Crippen LogP contribution in [0, 0.1) is 0 Å². The molecule has 46 heavy (non-hydrogen) atoms. The first-order valence-electron chi connectivity index (χ1n) is 15.4. The second kappa shape index (κ2) is 13.4. The first-order chi connectivity index (χ1) is 22.5. The van der Waals surface area contributed by atoms with E-state index >= 15 is 0 Å². The minimum Gasteiger partial charge on any atom is -0.507 e. The van der Waals surface area contributed by atoms with E-state index in [1.165, 1.54) is 6.07 Å². The Morgan fingerprint density at radius 2 is 1.35 bits per heavy atom. The van der Waals surface area contributed by atoms with Gasteiger partial charge in [0.05, 0.1) is 36.5 Å². The zero-order valence-electron chi connectivity index (χ0n) is 26.2. The van der Waals surface area contributed by atoms with E-state index < -0.39 is 11.6 Å². The molecule has 0 aliphatic carbocycles. The maximum absolute atomic E-state index is 11.4. The van der Waals surface area contributed by atoms with Gasteiger partial charge < -0.3 is 38.6 Å². The molecule has 8 heteroatoms. The molecule has 1 fully saturated rings. The van der Waals surface area contributed by atoms with Crippen LogP contribution in [0.1, 0.15) is 42.0 Å². The molecule has 0 saturated carbocycles. The smallest absolute Gasteiger partial charge is 0.229 e. The van der Waals surface area contributed by atoms with Crippen molar-refractivity contribution in [2.24, 2.45) is 0 Å². The number of para-hydroxylation sites is 1. The number of hydrogen-bond donors (Lipinski definition) is 2. The van der Waals surface area contributed by atoms with Gasteiger partial charge in [0.1, 0.15) is 28.7 Å². The molecule has 238 valence electrons. The molecule has 5 aromatic carbocycles. The Balaban J connectivity index is 1.42. The van der Waals surface area contributed by atoms with Crippen LogP contribution < -0.4 is 9.47 Å². The molecule has 8 nitrogen and oxygen atoms in total. The summed E-state index contributed by atoms with van der Waals surface area (Å²) >= 11 is 0. The van der Waals surface area contributed by atoms with Crippen LogP contribution in [0.4, 0.5) is 0 Å². The summed E-state index contributed by atoms with van der Waals surface area (Å²) in [5.41, 5.74) is 2.31. The minimum absolute atomic E-state index is 0.0150. The largest absolute Gasteiger partial charge is 0.507 e. The summed E-state index contributed by atoms with van der Waals surface area (Å²) in [5, 5.41) is 23.9. The third-order valence-corrected chi connectivity index (χ3v) is 8.28. The predicted molar refractivity (Wildman–Crippen MR) is 175 cm³/mol. The number of methoxy groups -OCH3 is 2. The molecule has 2 N–H and O–H groups in total. The fraction of sp³-hybridized carbons (Fsp3) is 0.263. The standard InChI is InChI=1S/C38H38O8/c1-4-43-35-21-17-26-16-18-28(24-30(26)36(35)37(41-2,42-3)27-12-6-5-7-13-27)46-29-19-20-32(34(40)25-29)38(44-22-10-11-23-45-38)31-14-8-9-15-33(31)39/h5-9,12-21,24-25,39-40H,4,10-11,22-23H2,1-3H3. The molecular weight excluding hydrogens is 584 g/mol. The zero-order valence-corrected chi connectivity index (χ0v) is 26.2. The number of fused-ring (bicyclic) bond motifs is 1. The number of ether oxygens (including phenoxy) is 6. The van der Waals surface area contributed by atoms with Crippen LogP contribution in [0.25, 0.3) is 10.8 Å². The number of rotatable bonds is 10. The Morgan fingerprint density at radius 1 is 0.717 bits per heavy atom. The summed E-state index contributed by atoms with van der Waals surface area (Å²) in [4.78, 5) is 0. The fourth-order valence-electron chi connectivity index (χ4n) is 6.16. The van der Waals surface area contributed by atoms with Crippen molar-refractivity contribution < 1.29 is 38.6 Å². The van der Waals surface area contributed by atoms with Crippen molar-refractivity contribution >= 4 is 10.8 Å². The van der Waals surface area contributed by atoms with Crippen LogP contribution in [-0.2, 0) is 30.5 Å². The van der Waals surface area contributed by atoms with E-state index in [1.807, 2.05) is 67.6 Å². The maximum Gasteiger partial charge on any atom is 0.229 e. The third kappa shape index (κ3) is 5.65. The van der Waals surface area contributed by atoms with E-state index in [1.54, 1.807) is 50.6 Å². The molecule has 1 aliphatic heterocycles. The SMILES string of the molecule is CCOc1ccc2ccc(Oc3ccc(C4(c5ccccc5O)OCCCCO4)c(O)c3)cc2c1C(OC)(OC)c1ccccc1. The van der Waals surface area contributed by atoms with Crippen molar-refractivity contribution in [2.45, 2.75) is 31.3 Å². The maximum atomic E-state index is 11.4. The van der Waals surface area contributed by atoms with Crippen LogP contribution in [0.5, 0.6) is 28.7 Å². The molecule has 0 bridgehead atoms. The molecular formula is C38H38O8. The lowest BCUT2D eigenvalue weighted by atomic mass is 9.91. The predicted octanol–water partition coefficient (Wildman–Crippen LogP) is 7.96. The number of phenols is 2. The fourth-order valence-corrected chi connectivity index (χ4v) is 6.16. The molecule has 0 spiro atoms. The topological polar surface area (TPSA) is 95.8 Å². The lowest BCUT2D eigenvalue weighted by Crippen LogP contribution is -2.34.